The second kappa shape index (κ2) is 4.08. The van der Waals surface area contributed by atoms with E-state index >= 15 is 0 Å². The predicted octanol–water partition coefficient (Wildman–Crippen LogP) is 2.52. The summed E-state index contributed by atoms with van der Waals surface area (Å²) in [6, 6.07) is 0. The Morgan fingerprint density at radius 1 is 1.75 bits per heavy atom. The van der Waals surface area contributed by atoms with Gasteiger partial charge in [-0.05, 0) is 6.92 Å². The van der Waals surface area contributed by atoms with Crippen LogP contribution < -0.4 is 0 Å². The molecule has 2 rings (SSSR count). The fraction of sp³-hybridized carbons (Fsp3) is 0.600. The molecule has 3 nitrogen and oxygen atoms in total. The second-order valence-electron chi connectivity index (χ2n) is 3.70. The molecule has 1 heterocycles. The summed E-state index contributed by atoms with van der Waals surface area (Å²) >= 11 is 1.13. The average molecular weight is 247 g/mol. The zero-order chi connectivity index (χ0) is 11.8. The number of nitrogens with zero attached hydrogens (tertiary/aromatic N) is 1. The van der Waals surface area contributed by atoms with Gasteiger partial charge in [-0.2, -0.15) is 0 Å². The van der Waals surface area contributed by atoms with Crippen LogP contribution in [-0.4, -0.2) is 23.5 Å². The quantitative estimate of drug-likeness (QED) is 0.767. The van der Waals surface area contributed by atoms with Gasteiger partial charge < -0.3 is 4.74 Å². The van der Waals surface area contributed by atoms with Gasteiger partial charge in [0.15, 0.2) is 0 Å². The smallest absolute Gasteiger partial charge is 0.349 e. The van der Waals surface area contributed by atoms with Gasteiger partial charge in [-0.1, -0.05) is 0 Å². The summed E-state index contributed by atoms with van der Waals surface area (Å²) in [6.07, 6.45) is 1.57. The van der Waals surface area contributed by atoms with Crippen LogP contribution in [0.25, 0.3) is 0 Å². The molecule has 0 radical (unpaired) electrons. The van der Waals surface area contributed by atoms with Crippen molar-refractivity contribution in [2.75, 3.05) is 6.61 Å². The van der Waals surface area contributed by atoms with E-state index in [9.17, 15) is 13.6 Å². The summed E-state index contributed by atoms with van der Waals surface area (Å²) in [6.45, 7) is 2.01. The Labute approximate surface area is 95.4 Å². The van der Waals surface area contributed by atoms with E-state index in [2.05, 4.69) is 4.98 Å². The van der Waals surface area contributed by atoms with Gasteiger partial charge in [0.25, 0.3) is 5.92 Å². The van der Waals surface area contributed by atoms with E-state index in [-0.39, 0.29) is 12.8 Å². The third-order valence-electron chi connectivity index (χ3n) is 2.41. The molecule has 0 saturated heterocycles. The summed E-state index contributed by atoms with van der Waals surface area (Å²) in [5.74, 6) is -3.57. The number of aromatic nitrogens is 1. The number of hydrogen-bond donors (Lipinski definition) is 0. The van der Waals surface area contributed by atoms with Gasteiger partial charge in [0.05, 0.1) is 17.8 Å². The molecule has 1 atom stereocenters. The lowest BCUT2D eigenvalue weighted by Crippen LogP contribution is -2.01. The maximum atomic E-state index is 12.7. The van der Waals surface area contributed by atoms with Crippen LogP contribution in [0.2, 0.25) is 0 Å². The second-order valence-corrected chi connectivity index (χ2v) is 4.82. The Balaban J connectivity index is 1.95. The predicted molar refractivity (Wildman–Crippen MR) is 54.8 cm³/mol. The normalized spacial score (nSPS) is 21.8. The number of rotatable bonds is 4. The van der Waals surface area contributed by atoms with Gasteiger partial charge in [0.2, 0.25) is 0 Å². The van der Waals surface area contributed by atoms with E-state index in [4.69, 9.17) is 4.74 Å². The van der Waals surface area contributed by atoms with Crippen LogP contribution in [0.15, 0.2) is 6.20 Å². The first-order chi connectivity index (χ1) is 7.53. The van der Waals surface area contributed by atoms with Crippen molar-refractivity contribution in [3.63, 3.8) is 0 Å². The van der Waals surface area contributed by atoms with Crippen molar-refractivity contribution in [2.24, 2.45) is 5.92 Å². The van der Waals surface area contributed by atoms with Gasteiger partial charge >= 0.3 is 5.97 Å². The molecule has 1 aliphatic carbocycles. The molecule has 1 fully saturated rings. The molecule has 0 aromatic carbocycles. The van der Waals surface area contributed by atoms with Crippen LogP contribution in [0.4, 0.5) is 8.78 Å². The molecule has 88 valence electrons. The van der Waals surface area contributed by atoms with Crippen LogP contribution in [0.3, 0.4) is 0 Å². The van der Waals surface area contributed by atoms with Crippen LogP contribution in [0.1, 0.15) is 28.0 Å². The molecule has 0 N–H and O–H groups in total. The minimum atomic E-state index is -2.53. The maximum absolute atomic E-state index is 12.7. The first-order valence-electron chi connectivity index (χ1n) is 5.02. The number of esters is 1. The Hall–Kier alpha value is -1.04. The van der Waals surface area contributed by atoms with Crippen molar-refractivity contribution in [1.29, 1.82) is 0 Å². The van der Waals surface area contributed by atoms with Crippen LogP contribution in [0, 0.1) is 5.92 Å². The van der Waals surface area contributed by atoms with E-state index in [1.54, 1.807) is 6.92 Å². The van der Waals surface area contributed by atoms with E-state index in [1.807, 2.05) is 0 Å². The molecule has 1 aromatic rings. The van der Waals surface area contributed by atoms with Gasteiger partial charge in [-0.3, -0.25) is 0 Å². The summed E-state index contributed by atoms with van der Waals surface area (Å²) in [7, 11) is 0. The molecule has 1 aliphatic rings. The monoisotopic (exact) mass is 247 g/mol. The molecule has 1 saturated carbocycles. The molecule has 0 amide bonds. The lowest BCUT2D eigenvalue weighted by molar-refractivity contribution is 0.0531. The SMILES string of the molecule is CCOC(=O)c1cnc(CC2CC2(F)F)s1. The molecule has 0 aliphatic heterocycles. The highest BCUT2D eigenvalue weighted by atomic mass is 32.1. The van der Waals surface area contributed by atoms with E-state index in [0.29, 0.717) is 16.5 Å². The zero-order valence-corrected chi connectivity index (χ0v) is 9.52. The minimum Gasteiger partial charge on any atom is -0.462 e. The molecule has 1 unspecified atom stereocenters. The fourth-order valence-corrected chi connectivity index (χ4v) is 2.29. The topological polar surface area (TPSA) is 39.2 Å². The van der Waals surface area contributed by atoms with Crippen molar-refractivity contribution < 1.29 is 18.3 Å². The molecule has 16 heavy (non-hydrogen) atoms. The fourth-order valence-electron chi connectivity index (χ4n) is 1.40. The minimum absolute atomic E-state index is 0.0681. The Kier molecular flexibility index (Phi) is 2.92. The Morgan fingerprint density at radius 3 is 3.00 bits per heavy atom. The van der Waals surface area contributed by atoms with Crippen LogP contribution in [0.5, 0.6) is 0 Å². The highest BCUT2D eigenvalue weighted by Gasteiger charge is 2.56. The average Bonchev–Trinajstić information content (AvgIpc) is 2.65. The first-order valence-corrected chi connectivity index (χ1v) is 5.84. The Bertz CT molecular complexity index is 405. The summed E-state index contributed by atoms with van der Waals surface area (Å²) in [5, 5.41) is 0.574. The Morgan fingerprint density at radius 2 is 2.44 bits per heavy atom. The molecule has 1 aromatic heterocycles. The third-order valence-corrected chi connectivity index (χ3v) is 3.41. The molecule has 6 heteroatoms. The summed E-state index contributed by atoms with van der Waals surface area (Å²) in [5.41, 5.74) is 0. The number of carbonyl (C=O) groups excluding carboxylic acids is 1. The number of carbonyl (C=O) groups is 1. The van der Waals surface area contributed by atoms with Crippen molar-refractivity contribution >= 4 is 17.3 Å². The largest absolute Gasteiger partial charge is 0.462 e. The van der Waals surface area contributed by atoms with Crippen LogP contribution in [-0.2, 0) is 11.2 Å². The van der Waals surface area contributed by atoms with Gasteiger partial charge in [0, 0.05) is 18.8 Å². The van der Waals surface area contributed by atoms with Gasteiger partial charge in [-0.15, -0.1) is 11.3 Å². The third kappa shape index (κ3) is 2.37. The number of ether oxygens (including phenoxy) is 1. The standard InChI is InChI=1S/C10H11F2NO2S/c1-2-15-9(14)7-5-13-8(16-7)3-6-4-10(6,11)12/h5-6H,2-4H2,1H3. The highest BCUT2D eigenvalue weighted by molar-refractivity contribution is 7.13. The van der Waals surface area contributed by atoms with Crippen molar-refractivity contribution in [1.82, 2.24) is 4.98 Å². The zero-order valence-electron chi connectivity index (χ0n) is 8.70. The highest BCUT2D eigenvalue weighted by Crippen LogP contribution is 2.50. The molecule has 0 spiro atoms. The number of hydrogen-bond acceptors (Lipinski definition) is 4. The molecular weight excluding hydrogens is 236 g/mol. The number of halogens is 2. The van der Waals surface area contributed by atoms with E-state index in [0.717, 1.165) is 11.3 Å². The van der Waals surface area contributed by atoms with E-state index < -0.39 is 17.8 Å². The van der Waals surface area contributed by atoms with Gasteiger partial charge in [-0.25, -0.2) is 18.6 Å². The molecular formula is C10H11F2NO2S. The number of thiazole rings is 1. The lowest BCUT2D eigenvalue weighted by atomic mass is 10.3. The van der Waals surface area contributed by atoms with Crippen molar-refractivity contribution in [2.45, 2.75) is 25.7 Å². The summed E-state index contributed by atoms with van der Waals surface area (Å²) < 4.78 is 30.1. The van der Waals surface area contributed by atoms with Crippen molar-refractivity contribution in [3.05, 3.63) is 16.1 Å². The first kappa shape index (κ1) is 11.4. The number of alkyl halides is 2. The summed E-state index contributed by atoms with van der Waals surface area (Å²) in [4.78, 5) is 15.6. The van der Waals surface area contributed by atoms with Crippen molar-refractivity contribution in [3.8, 4) is 0 Å². The maximum Gasteiger partial charge on any atom is 0.349 e. The van der Waals surface area contributed by atoms with E-state index in [1.165, 1.54) is 6.20 Å². The lowest BCUT2D eigenvalue weighted by Gasteiger charge is -1.96. The molecule has 0 bridgehead atoms. The van der Waals surface area contributed by atoms with Crippen LogP contribution >= 0.6 is 11.3 Å². The van der Waals surface area contributed by atoms with Gasteiger partial charge in [0.1, 0.15) is 4.88 Å².